The molecule has 0 spiro atoms. The van der Waals surface area contributed by atoms with Gasteiger partial charge in [-0.3, -0.25) is 19.7 Å². The number of furan rings is 1. The molecule has 2 N–H and O–H groups in total. The van der Waals surface area contributed by atoms with Crippen LogP contribution in [-0.2, 0) is 9.53 Å². The van der Waals surface area contributed by atoms with Crippen molar-refractivity contribution in [3.8, 4) is 11.5 Å². The Morgan fingerprint density at radius 1 is 1.03 bits per heavy atom. The Morgan fingerprint density at radius 3 is 2.31 bits per heavy atom. The highest BCUT2D eigenvalue weighted by atomic mass is 35.5. The molecule has 13 heteroatoms. The third-order valence-electron chi connectivity index (χ3n) is 4.81. The summed E-state index contributed by atoms with van der Waals surface area (Å²) in [5.41, 5.74) is -0.270. The number of anilines is 2. The maximum atomic E-state index is 13.0. The van der Waals surface area contributed by atoms with Gasteiger partial charge in [-0.15, -0.1) is 0 Å². The zero-order valence-electron chi connectivity index (χ0n) is 19.2. The number of nitro groups is 1. The zero-order valence-corrected chi connectivity index (χ0v) is 20.0. The van der Waals surface area contributed by atoms with Crippen LogP contribution in [0.25, 0.3) is 0 Å². The Hall–Kier alpha value is -4.58. The molecule has 3 aromatic rings. The molecule has 0 aliphatic rings. The normalized spacial score (nSPS) is 11.2. The fraction of sp³-hybridized carbons (Fsp3) is 0.174. The summed E-state index contributed by atoms with van der Waals surface area (Å²) in [6.45, 7) is 1.31. The van der Waals surface area contributed by atoms with E-state index in [-0.39, 0.29) is 44.9 Å². The van der Waals surface area contributed by atoms with E-state index in [2.05, 4.69) is 10.6 Å². The predicted molar refractivity (Wildman–Crippen MR) is 128 cm³/mol. The van der Waals surface area contributed by atoms with Crippen molar-refractivity contribution in [3.05, 3.63) is 75.2 Å². The van der Waals surface area contributed by atoms with E-state index >= 15 is 0 Å². The molecule has 188 valence electrons. The Balaban J connectivity index is 1.81. The third kappa shape index (κ3) is 5.91. The number of nitrogens with one attached hydrogen (secondary N) is 2. The summed E-state index contributed by atoms with van der Waals surface area (Å²) in [6.07, 6.45) is 0.00128. The predicted octanol–water partition coefficient (Wildman–Crippen LogP) is 4.29. The van der Waals surface area contributed by atoms with Crippen molar-refractivity contribution in [1.29, 1.82) is 0 Å². The monoisotopic (exact) mass is 517 g/mol. The van der Waals surface area contributed by atoms with Crippen LogP contribution >= 0.6 is 11.6 Å². The molecule has 1 heterocycles. The second kappa shape index (κ2) is 11.2. The van der Waals surface area contributed by atoms with E-state index in [0.717, 1.165) is 12.1 Å². The summed E-state index contributed by atoms with van der Waals surface area (Å²) < 4.78 is 20.8. The topological polar surface area (TPSA) is 159 Å². The number of nitro benzene ring substituents is 1. The lowest BCUT2D eigenvalue weighted by Gasteiger charge is -2.17. The summed E-state index contributed by atoms with van der Waals surface area (Å²) in [5, 5.41) is 15.8. The van der Waals surface area contributed by atoms with Crippen LogP contribution in [0.15, 0.2) is 53.1 Å². The summed E-state index contributed by atoms with van der Waals surface area (Å²) in [7, 11) is 2.74. The highest BCUT2D eigenvalue weighted by Crippen LogP contribution is 2.34. The first kappa shape index (κ1) is 26.0. The van der Waals surface area contributed by atoms with E-state index in [1.807, 2.05) is 0 Å². The number of halogens is 1. The molecule has 0 aliphatic heterocycles. The number of ether oxygens (including phenoxy) is 3. The average Bonchev–Trinajstić information content (AvgIpc) is 3.40. The minimum Gasteiger partial charge on any atom is -0.493 e. The number of esters is 1. The van der Waals surface area contributed by atoms with Crippen LogP contribution in [0.2, 0.25) is 5.02 Å². The molecule has 0 aliphatic carbocycles. The fourth-order valence-electron chi connectivity index (χ4n) is 2.97. The molecule has 1 aromatic heterocycles. The van der Waals surface area contributed by atoms with Gasteiger partial charge in [0, 0.05) is 24.3 Å². The Bertz CT molecular complexity index is 1310. The van der Waals surface area contributed by atoms with E-state index in [4.69, 9.17) is 30.2 Å². The minimum absolute atomic E-state index is 0.00294. The van der Waals surface area contributed by atoms with Crippen LogP contribution in [0, 0.1) is 10.1 Å². The number of non-ortho nitro benzene ring substituents is 1. The zero-order chi connectivity index (χ0) is 26.4. The highest BCUT2D eigenvalue weighted by molar-refractivity contribution is 6.34. The number of carbonyl (C=O) groups is 3. The summed E-state index contributed by atoms with van der Waals surface area (Å²) in [4.78, 5) is 48.3. The first-order chi connectivity index (χ1) is 17.1. The number of nitrogens with zero attached hydrogens (tertiary/aromatic N) is 1. The van der Waals surface area contributed by atoms with Gasteiger partial charge in [-0.2, -0.15) is 0 Å². The number of carbonyl (C=O) groups excluding carboxylic acids is 3. The van der Waals surface area contributed by atoms with Crippen molar-refractivity contribution in [1.82, 2.24) is 0 Å². The van der Waals surface area contributed by atoms with Gasteiger partial charge < -0.3 is 29.3 Å². The van der Waals surface area contributed by atoms with E-state index in [1.165, 1.54) is 57.7 Å². The number of amides is 2. The smallest absolute Gasteiger partial charge is 0.341 e. The number of rotatable bonds is 9. The van der Waals surface area contributed by atoms with Gasteiger partial charge in [0.15, 0.2) is 23.4 Å². The van der Waals surface area contributed by atoms with Gasteiger partial charge >= 0.3 is 5.97 Å². The molecule has 3 rings (SSSR count). The van der Waals surface area contributed by atoms with Crippen molar-refractivity contribution in [2.45, 2.75) is 13.0 Å². The number of benzene rings is 2. The molecular formula is C23H20ClN3O9. The molecular weight excluding hydrogens is 498 g/mol. The van der Waals surface area contributed by atoms with Crippen molar-refractivity contribution >= 4 is 46.4 Å². The highest BCUT2D eigenvalue weighted by Gasteiger charge is 2.25. The third-order valence-corrected chi connectivity index (χ3v) is 5.12. The molecule has 0 saturated heterocycles. The maximum absolute atomic E-state index is 13.0. The Kier molecular flexibility index (Phi) is 8.12. The number of hydrogen-bond acceptors (Lipinski definition) is 9. The lowest BCUT2D eigenvalue weighted by molar-refractivity contribution is -0.384. The molecule has 1 unspecified atom stereocenters. The van der Waals surface area contributed by atoms with E-state index in [0.29, 0.717) is 0 Å². The molecule has 36 heavy (non-hydrogen) atoms. The maximum Gasteiger partial charge on any atom is 0.341 e. The van der Waals surface area contributed by atoms with Crippen molar-refractivity contribution in [2.24, 2.45) is 0 Å². The molecule has 12 nitrogen and oxygen atoms in total. The summed E-state index contributed by atoms with van der Waals surface area (Å²) in [6, 6.07) is 9.10. The van der Waals surface area contributed by atoms with Gasteiger partial charge in [0.25, 0.3) is 17.5 Å². The standard InChI is InChI=1S/C23H20ClN3O9/c1-12(21(28)25-16-7-6-13(27(31)32)9-15(16)24)36-23(30)14-10-19(33-2)20(34-3)11-17(14)26-22(29)18-5-4-8-35-18/h4-12H,1-3H3,(H,25,28)(H,26,29). The molecule has 2 amide bonds. The SMILES string of the molecule is COc1cc(NC(=O)c2ccco2)c(C(=O)OC(C)C(=O)Nc2ccc([N+](=O)[O-])cc2Cl)cc1OC. The first-order valence-electron chi connectivity index (χ1n) is 10.2. The van der Waals surface area contributed by atoms with Gasteiger partial charge in [0.1, 0.15) is 0 Å². The van der Waals surface area contributed by atoms with Gasteiger partial charge in [-0.05, 0) is 25.1 Å². The Morgan fingerprint density at radius 2 is 1.72 bits per heavy atom. The number of hydrogen-bond donors (Lipinski definition) is 2. The molecule has 0 bridgehead atoms. The molecule has 2 aromatic carbocycles. The molecule has 0 fully saturated rings. The number of methoxy groups -OCH3 is 2. The van der Waals surface area contributed by atoms with E-state index in [1.54, 1.807) is 0 Å². The minimum atomic E-state index is -1.31. The largest absolute Gasteiger partial charge is 0.493 e. The quantitative estimate of drug-likeness (QED) is 0.239. The first-order valence-corrected chi connectivity index (χ1v) is 10.6. The lowest BCUT2D eigenvalue weighted by atomic mass is 10.1. The van der Waals surface area contributed by atoms with Crippen LogP contribution < -0.4 is 20.1 Å². The molecule has 0 radical (unpaired) electrons. The van der Waals surface area contributed by atoms with Gasteiger partial charge in [0.2, 0.25) is 0 Å². The van der Waals surface area contributed by atoms with Crippen LogP contribution in [0.4, 0.5) is 17.1 Å². The van der Waals surface area contributed by atoms with E-state index in [9.17, 15) is 24.5 Å². The van der Waals surface area contributed by atoms with Crippen LogP contribution in [0.1, 0.15) is 27.8 Å². The van der Waals surface area contributed by atoms with Crippen LogP contribution in [-0.4, -0.2) is 43.0 Å². The second-order valence-corrected chi connectivity index (χ2v) is 7.55. The molecule has 0 saturated carbocycles. The van der Waals surface area contributed by atoms with Crippen LogP contribution in [0.5, 0.6) is 11.5 Å². The summed E-state index contributed by atoms with van der Waals surface area (Å²) in [5.74, 6) is -1.95. The Labute approximate surface area is 209 Å². The van der Waals surface area contributed by atoms with Gasteiger partial charge in [-0.25, -0.2) is 4.79 Å². The van der Waals surface area contributed by atoms with Crippen LogP contribution in [0.3, 0.4) is 0 Å². The summed E-state index contributed by atoms with van der Waals surface area (Å²) >= 11 is 6.00. The van der Waals surface area contributed by atoms with Gasteiger partial charge in [0.05, 0.1) is 47.4 Å². The van der Waals surface area contributed by atoms with Gasteiger partial charge in [-0.1, -0.05) is 11.6 Å². The van der Waals surface area contributed by atoms with E-state index < -0.39 is 28.8 Å². The lowest BCUT2D eigenvalue weighted by Crippen LogP contribution is -2.30. The van der Waals surface area contributed by atoms with Crippen molar-refractivity contribution in [2.75, 3.05) is 24.9 Å². The molecule has 1 atom stereocenters. The average molecular weight is 518 g/mol. The fourth-order valence-corrected chi connectivity index (χ4v) is 3.20. The van der Waals surface area contributed by atoms with Crippen molar-refractivity contribution < 1.29 is 37.9 Å². The second-order valence-electron chi connectivity index (χ2n) is 7.14. The van der Waals surface area contributed by atoms with Crippen molar-refractivity contribution in [3.63, 3.8) is 0 Å².